The molecule has 0 amide bonds. The Labute approximate surface area is 133 Å². The molecule has 112 valence electrons. The highest BCUT2D eigenvalue weighted by atomic mass is 35.5. The molecule has 0 saturated carbocycles. The molecule has 2 aromatic rings. The predicted molar refractivity (Wildman–Crippen MR) is 84.4 cm³/mol. The molecule has 0 unspecified atom stereocenters. The number of nitrogens with zero attached hydrogens (tertiary/aromatic N) is 1. The Morgan fingerprint density at radius 3 is 2.57 bits per heavy atom. The normalized spacial score (nSPS) is 10.9. The number of rotatable bonds is 5. The average molecular weight is 328 g/mol. The second kappa shape index (κ2) is 7.21. The summed E-state index contributed by atoms with van der Waals surface area (Å²) in [5, 5.41) is 9.47. The van der Waals surface area contributed by atoms with E-state index in [4.69, 9.17) is 28.3 Å². The average Bonchev–Trinajstić information content (AvgIpc) is 2.45. The maximum Gasteiger partial charge on any atom is 0.134 e. The molecule has 21 heavy (non-hydrogen) atoms. The Hall–Kier alpha value is -1.16. The van der Waals surface area contributed by atoms with E-state index in [1.165, 1.54) is 6.07 Å². The lowest BCUT2D eigenvalue weighted by Gasteiger charge is -2.13. The van der Waals surface area contributed by atoms with Crippen LogP contribution in [0.4, 0.5) is 4.39 Å². The van der Waals surface area contributed by atoms with Crippen LogP contribution in [-0.4, -0.2) is 16.7 Å². The van der Waals surface area contributed by atoms with Crippen LogP contribution in [0, 0.1) is 5.82 Å². The highest BCUT2D eigenvalue weighted by molar-refractivity contribution is 6.33. The van der Waals surface area contributed by atoms with Gasteiger partial charge in [-0.05, 0) is 48.1 Å². The van der Waals surface area contributed by atoms with Gasteiger partial charge in [-0.25, -0.2) is 9.37 Å². The van der Waals surface area contributed by atoms with E-state index < -0.39 is 0 Å². The molecule has 0 spiro atoms. The van der Waals surface area contributed by atoms with Crippen LogP contribution in [0.25, 0.3) is 11.1 Å². The van der Waals surface area contributed by atoms with Crippen molar-refractivity contribution in [2.24, 2.45) is 0 Å². The zero-order valence-corrected chi connectivity index (χ0v) is 13.2. The van der Waals surface area contributed by atoms with Gasteiger partial charge >= 0.3 is 0 Å². The Kier molecular flexibility index (Phi) is 5.57. The Balaban J connectivity index is 2.56. The molecule has 5 heteroatoms. The van der Waals surface area contributed by atoms with Crippen molar-refractivity contribution in [3.05, 3.63) is 51.5 Å². The van der Waals surface area contributed by atoms with Crippen molar-refractivity contribution in [3.8, 4) is 11.1 Å². The molecule has 0 bridgehead atoms. The highest BCUT2D eigenvalue weighted by Gasteiger charge is 2.15. The van der Waals surface area contributed by atoms with Crippen molar-refractivity contribution in [3.63, 3.8) is 0 Å². The van der Waals surface area contributed by atoms with Crippen molar-refractivity contribution in [1.82, 2.24) is 4.98 Å². The van der Waals surface area contributed by atoms with E-state index in [0.717, 1.165) is 12.0 Å². The van der Waals surface area contributed by atoms with Gasteiger partial charge in [-0.1, -0.05) is 42.3 Å². The van der Waals surface area contributed by atoms with Gasteiger partial charge in [-0.3, -0.25) is 0 Å². The summed E-state index contributed by atoms with van der Waals surface area (Å²) in [6.45, 7) is 2.01. The third kappa shape index (κ3) is 3.73. The molecule has 1 heterocycles. The van der Waals surface area contributed by atoms with E-state index in [1.807, 2.05) is 13.0 Å². The van der Waals surface area contributed by atoms with E-state index in [1.54, 1.807) is 12.1 Å². The van der Waals surface area contributed by atoms with E-state index in [2.05, 4.69) is 4.98 Å². The molecular weight excluding hydrogens is 312 g/mol. The maximum atomic E-state index is 14.3. The van der Waals surface area contributed by atoms with E-state index in [9.17, 15) is 4.39 Å². The van der Waals surface area contributed by atoms with Crippen LogP contribution in [0.5, 0.6) is 0 Å². The van der Waals surface area contributed by atoms with Crippen LogP contribution in [0.3, 0.4) is 0 Å². The van der Waals surface area contributed by atoms with E-state index >= 15 is 0 Å². The SMILES string of the molecule is CCc1ccc(-c2cc(Cl)nc(Cl)c2CCCO)c(F)c1. The summed E-state index contributed by atoms with van der Waals surface area (Å²) in [6.07, 6.45) is 1.82. The highest BCUT2D eigenvalue weighted by Crippen LogP contribution is 2.33. The third-order valence-electron chi connectivity index (χ3n) is 3.36. The molecule has 1 N–H and O–H groups in total. The van der Waals surface area contributed by atoms with Crippen molar-refractivity contribution in [2.75, 3.05) is 6.61 Å². The molecule has 0 saturated heterocycles. The van der Waals surface area contributed by atoms with Gasteiger partial charge in [-0.2, -0.15) is 0 Å². The second-order valence-corrected chi connectivity index (χ2v) is 5.50. The molecule has 0 radical (unpaired) electrons. The van der Waals surface area contributed by atoms with Gasteiger partial charge in [0, 0.05) is 12.2 Å². The second-order valence-electron chi connectivity index (χ2n) is 4.76. The van der Waals surface area contributed by atoms with Crippen LogP contribution in [0.1, 0.15) is 24.5 Å². The minimum absolute atomic E-state index is 0.0374. The Morgan fingerprint density at radius 2 is 1.95 bits per heavy atom. The molecule has 0 aliphatic carbocycles. The quantitative estimate of drug-likeness (QED) is 0.808. The monoisotopic (exact) mass is 327 g/mol. The first-order valence-corrected chi connectivity index (χ1v) is 7.57. The van der Waals surface area contributed by atoms with Crippen LogP contribution >= 0.6 is 23.2 Å². The van der Waals surface area contributed by atoms with Crippen LogP contribution in [0.2, 0.25) is 10.3 Å². The Morgan fingerprint density at radius 1 is 1.19 bits per heavy atom. The zero-order valence-electron chi connectivity index (χ0n) is 11.7. The summed E-state index contributed by atoms with van der Waals surface area (Å²) in [6, 6.07) is 6.76. The molecule has 2 rings (SSSR count). The summed E-state index contributed by atoms with van der Waals surface area (Å²) >= 11 is 12.1. The number of aromatic nitrogens is 1. The smallest absolute Gasteiger partial charge is 0.134 e. The van der Waals surface area contributed by atoms with Gasteiger partial charge in [0.2, 0.25) is 0 Å². The summed E-state index contributed by atoms with van der Waals surface area (Å²) in [5.41, 5.74) is 2.72. The number of hydrogen-bond donors (Lipinski definition) is 1. The zero-order chi connectivity index (χ0) is 15.4. The third-order valence-corrected chi connectivity index (χ3v) is 3.87. The number of aryl methyl sites for hydroxylation is 1. The largest absolute Gasteiger partial charge is 0.396 e. The lowest BCUT2D eigenvalue weighted by molar-refractivity contribution is 0.288. The van der Waals surface area contributed by atoms with Gasteiger partial charge in [0.05, 0.1) is 0 Å². The molecule has 0 atom stereocenters. The lowest BCUT2D eigenvalue weighted by Crippen LogP contribution is -1.99. The van der Waals surface area contributed by atoms with Crippen LogP contribution in [0.15, 0.2) is 24.3 Å². The fraction of sp³-hybridized carbons (Fsp3) is 0.312. The van der Waals surface area contributed by atoms with Gasteiger partial charge < -0.3 is 5.11 Å². The number of aliphatic hydroxyl groups excluding tert-OH is 1. The van der Waals surface area contributed by atoms with Crippen LogP contribution < -0.4 is 0 Å². The standard InChI is InChI=1S/C16H16Cl2FNO/c1-2-10-5-6-11(14(19)8-10)13-9-15(17)20-16(18)12(13)4-3-7-21/h5-6,8-9,21H,2-4,7H2,1H3. The predicted octanol–water partition coefficient (Wildman–Crippen LogP) is 4.68. The number of aliphatic hydroxyl groups is 1. The van der Waals surface area contributed by atoms with Crippen LogP contribution in [-0.2, 0) is 12.8 Å². The summed E-state index contributed by atoms with van der Waals surface area (Å²) in [7, 11) is 0. The van der Waals surface area contributed by atoms with Gasteiger partial charge in [0.15, 0.2) is 0 Å². The van der Waals surface area contributed by atoms with Gasteiger partial charge in [-0.15, -0.1) is 0 Å². The first-order chi connectivity index (χ1) is 10.1. The van der Waals surface area contributed by atoms with Gasteiger partial charge in [0.1, 0.15) is 16.1 Å². The van der Waals surface area contributed by atoms with Crippen molar-refractivity contribution >= 4 is 23.2 Å². The van der Waals surface area contributed by atoms with Gasteiger partial charge in [0.25, 0.3) is 0 Å². The van der Waals surface area contributed by atoms with Crippen molar-refractivity contribution < 1.29 is 9.50 Å². The number of hydrogen-bond acceptors (Lipinski definition) is 2. The maximum absolute atomic E-state index is 14.3. The number of pyridine rings is 1. The molecule has 0 fully saturated rings. The molecule has 1 aromatic carbocycles. The van der Waals surface area contributed by atoms with E-state index in [0.29, 0.717) is 29.5 Å². The summed E-state index contributed by atoms with van der Waals surface area (Å²) in [5.74, 6) is -0.307. The fourth-order valence-corrected chi connectivity index (χ4v) is 2.77. The first-order valence-electron chi connectivity index (χ1n) is 6.81. The fourth-order valence-electron chi connectivity index (χ4n) is 2.24. The topological polar surface area (TPSA) is 33.1 Å². The number of halogens is 3. The first kappa shape index (κ1) is 16.2. The molecule has 2 nitrogen and oxygen atoms in total. The van der Waals surface area contributed by atoms with Crippen molar-refractivity contribution in [1.29, 1.82) is 0 Å². The number of benzene rings is 1. The molecule has 1 aromatic heterocycles. The van der Waals surface area contributed by atoms with Crippen molar-refractivity contribution in [2.45, 2.75) is 26.2 Å². The minimum atomic E-state index is -0.307. The lowest BCUT2D eigenvalue weighted by atomic mass is 9.97. The summed E-state index contributed by atoms with van der Waals surface area (Å²) < 4.78 is 14.3. The van der Waals surface area contributed by atoms with E-state index in [-0.39, 0.29) is 22.7 Å². The summed E-state index contributed by atoms with van der Waals surface area (Å²) in [4.78, 5) is 4.00. The Bertz CT molecular complexity index is 646. The molecular formula is C16H16Cl2FNO. The molecule has 0 aliphatic rings. The molecule has 0 aliphatic heterocycles. The minimum Gasteiger partial charge on any atom is -0.396 e.